The molecule has 0 aliphatic heterocycles. The average Bonchev–Trinajstić information content (AvgIpc) is 2.36. The fourth-order valence-corrected chi connectivity index (χ4v) is 1.80. The summed E-state index contributed by atoms with van der Waals surface area (Å²) in [6, 6.07) is 3.35. The minimum Gasteiger partial charge on any atom is -0.507 e. The molecule has 18 heavy (non-hydrogen) atoms. The van der Waals surface area contributed by atoms with Crippen molar-refractivity contribution in [3.8, 4) is 5.75 Å². The molecule has 0 unspecified atom stereocenters. The molecule has 1 rings (SSSR count). The van der Waals surface area contributed by atoms with Crippen molar-refractivity contribution in [3.63, 3.8) is 0 Å². The maximum Gasteiger partial charge on any atom is 0.257 e. The Morgan fingerprint density at radius 1 is 1.39 bits per heavy atom. The molecular formula is C13H17ClFNO2. The molecule has 0 radical (unpaired) electrons. The maximum atomic E-state index is 13.0. The van der Waals surface area contributed by atoms with Crippen molar-refractivity contribution >= 4 is 17.5 Å². The molecule has 0 fully saturated rings. The van der Waals surface area contributed by atoms with Crippen LogP contribution in [0.2, 0.25) is 0 Å². The second-order valence-electron chi connectivity index (χ2n) is 4.14. The van der Waals surface area contributed by atoms with Gasteiger partial charge in [0, 0.05) is 19.5 Å². The lowest BCUT2D eigenvalue weighted by atomic mass is 10.1. The smallest absolute Gasteiger partial charge is 0.257 e. The summed E-state index contributed by atoms with van der Waals surface area (Å²) in [7, 11) is 1.63. The Labute approximate surface area is 111 Å². The van der Waals surface area contributed by atoms with E-state index in [1.165, 1.54) is 11.0 Å². The van der Waals surface area contributed by atoms with Gasteiger partial charge in [-0.25, -0.2) is 4.39 Å². The van der Waals surface area contributed by atoms with E-state index in [9.17, 15) is 14.3 Å². The van der Waals surface area contributed by atoms with Crippen LogP contribution >= 0.6 is 11.6 Å². The maximum absolute atomic E-state index is 13.0. The molecule has 1 amide bonds. The Hall–Kier alpha value is -1.29. The molecule has 0 aliphatic carbocycles. The van der Waals surface area contributed by atoms with Gasteiger partial charge in [-0.1, -0.05) is 6.42 Å². The summed E-state index contributed by atoms with van der Waals surface area (Å²) in [4.78, 5) is 13.4. The van der Waals surface area contributed by atoms with Crippen LogP contribution in [0.3, 0.4) is 0 Å². The minimum atomic E-state index is -0.535. The van der Waals surface area contributed by atoms with E-state index in [4.69, 9.17) is 11.6 Å². The standard InChI is InChI=1S/C13H17ClFNO2/c1-16(8-4-2-3-7-14)13(18)11-9-10(15)5-6-12(11)17/h5-6,9,17H,2-4,7-8H2,1H3. The summed E-state index contributed by atoms with van der Waals surface area (Å²) >= 11 is 5.56. The van der Waals surface area contributed by atoms with E-state index in [0.29, 0.717) is 12.4 Å². The molecule has 1 N–H and O–H groups in total. The van der Waals surface area contributed by atoms with E-state index in [0.717, 1.165) is 31.4 Å². The van der Waals surface area contributed by atoms with Crippen LogP contribution in [0.5, 0.6) is 5.75 Å². The van der Waals surface area contributed by atoms with Gasteiger partial charge in [-0.2, -0.15) is 0 Å². The number of carbonyl (C=O) groups excluding carboxylic acids is 1. The zero-order chi connectivity index (χ0) is 13.5. The molecule has 0 saturated heterocycles. The highest BCUT2D eigenvalue weighted by Gasteiger charge is 2.16. The van der Waals surface area contributed by atoms with E-state index in [2.05, 4.69) is 0 Å². The first-order valence-corrected chi connectivity index (χ1v) is 6.39. The number of nitrogens with zero attached hydrogens (tertiary/aromatic N) is 1. The van der Waals surface area contributed by atoms with Crippen LogP contribution in [0, 0.1) is 5.82 Å². The molecular weight excluding hydrogens is 257 g/mol. The minimum absolute atomic E-state index is 0.00477. The van der Waals surface area contributed by atoms with Crippen molar-refractivity contribution in [1.82, 2.24) is 4.90 Å². The number of aromatic hydroxyl groups is 1. The van der Waals surface area contributed by atoms with Gasteiger partial charge in [0.15, 0.2) is 0 Å². The van der Waals surface area contributed by atoms with E-state index in [1.807, 2.05) is 0 Å². The van der Waals surface area contributed by atoms with Crippen LogP contribution in [-0.4, -0.2) is 35.4 Å². The summed E-state index contributed by atoms with van der Waals surface area (Å²) in [5, 5.41) is 9.53. The van der Waals surface area contributed by atoms with Gasteiger partial charge in [-0.15, -0.1) is 11.6 Å². The third-order valence-electron chi connectivity index (χ3n) is 2.66. The van der Waals surface area contributed by atoms with Crippen molar-refractivity contribution in [2.75, 3.05) is 19.5 Å². The quantitative estimate of drug-likeness (QED) is 0.639. The zero-order valence-electron chi connectivity index (χ0n) is 10.3. The van der Waals surface area contributed by atoms with E-state index in [-0.39, 0.29) is 17.2 Å². The van der Waals surface area contributed by atoms with Gasteiger partial charge >= 0.3 is 0 Å². The van der Waals surface area contributed by atoms with Crippen molar-refractivity contribution in [1.29, 1.82) is 0 Å². The number of benzene rings is 1. The van der Waals surface area contributed by atoms with Gasteiger partial charge in [-0.05, 0) is 31.0 Å². The molecule has 0 bridgehead atoms. The first-order chi connectivity index (χ1) is 8.56. The molecule has 0 saturated carbocycles. The molecule has 1 aromatic rings. The highest BCUT2D eigenvalue weighted by molar-refractivity contribution is 6.17. The molecule has 5 heteroatoms. The Morgan fingerprint density at radius 2 is 2.11 bits per heavy atom. The van der Waals surface area contributed by atoms with E-state index in [1.54, 1.807) is 7.05 Å². The third kappa shape index (κ3) is 4.18. The number of rotatable bonds is 6. The highest BCUT2D eigenvalue weighted by atomic mass is 35.5. The largest absolute Gasteiger partial charge is 0.507 e. The first kappa shape index (κ1) is 14.8. The van der Waals surface area contributed by atoms with Crippen molar-refractivity contribution < 1.29 is 14.3 Å². The molecule has 0 atom stereocenters. The predicted octanol–water partition coefficient (Wildman–Crippen LogP) is 3.01. The lowest BCUT2D eigenvalue weighted by molar-refractivity contribution is 0.0789. The Balaban J connectivity index is 2.60. The number of alkyl halides is 1. The number of hydrogen-bond acceptors (Lipinski definition) is 2. The zero-order valence-corrected chi connectivity index (χ0v) is 11.1. The normalized spacial score (nSPS) is 10.4. The topological polar surface area (TPSA) is 40.5 Å². The predicted molar refractivity (Wildman–Crippen MR) is 69.6 cm³/mol. The van der Waals surface area contributed by atoms with Gasteiger partial charge in [0.25, 0.3) is 5.91 Å². The number of hydrogen-bond donors (Lipinski definition) is 1. The molecule has 0 heterocycles. The summed E-state index contributed by atoms with van der Waals surface area (Å²) in [6.07, 6.45) is 2.69. The lowest BCUT2D eigenvalue weighted by Crippen LogP contribution is -2.27. The first-order valence-electron chi connectivity index (χ1n) is 5.86. The van der Waals surface area contributed by atoms with E-state index >= 15 is 0 Å². The number of phenols is 1. The molecule has 100 valence electrons. The number of halogens is 2. The van der Waals surface area contributed by atoms with Crippen molar-refractivity contribution in [3.05, 3.63) is 29.6 Å². The van der Waals surface area contributed by atoms with Crippen LogP contribution in [0.15, 0.2) is 18.2 Å². The highest BCUT2D eigenvalue weighted by Crippen LogP contribution is 2.19. The monoisotopic (exact) mass is 273 g/mol. The fraction of sp³-hybridized carbons (Fsp3) is 0.462. The van der Waals surface area contributed by atoms with Gasteiger partial charge in [0.05, 0.1) is 5.56 Å². The third-order valence-corrected chi connectivity index (χ3v) is 2.93. The average molecular weight is 274 g/mol. The summed E-state index contributed by atoms with van der Waals surface area (Å²) < 4.78 is 13.0. The van der Waals surface area contributed by atoms with Gasteiger partial charge < -0.3 is 10.0 Å². The summed E-state index contributed by atoms with van der Waals surface area (Å²) in [6.45, 7) is 0.561. The van der Waals surface area contributed by atoms with Crippen molar-refractivity contribution in [2.24, 2.45) is 0 Å². The second kappa shape index (κ2) is 7.21. The Morgan fingerprint density at radius 3 is 2.78 bits per heavy atom. The van der Waals surface area contributed by atoms with Crippen LogP contribution < -0.4 is 0 Å². The number of unbranched alkanes of at least 4 members (excludes halogenated alkanes) is 2. The number of amides is 1. The van der Waals surface area contributed by atoms with Crippen LogP contribution in [0.4, 0.5) is 4.39 Å². The Bertz CT molecular complexity index is 412. The fourth-order valence-electron chi connectivity index (χ4n) is 1.61. The second-order valence-corrected chi connectivity index (χ2v) is 4.52. The van der Waals surface area contributed by atoms with Crippen LogP contribution in [0.25, 0.3) is 0 Å². The Kier molecular flexibility index (Phi) is 5.92. The molecule has 0 aliphatic rings. The van der Waals surface area contributed by atoms with Crippen molar-refractivity contribution in [2.45, 2.75) is 19.3 Å². The summed E-state index contributed by atoms with van der Waals surface area (Å²) in [5.41, 5.74) is -0.00477. The van der Waals surface area contributed by atoms with Crippen LogP contribution in [-0.2, 0) is 0 Å². The molecule has 1 aromatic carbocycles. The molecule has 0 spiro atoms. The number of carbonyl (C=O) groups is 1. The van der Waals surface area contributed by atoms with Gasteiger partial charge in [-0.3, -0.25) is 4.79 Å². The van der Waals surface area contributed by atoms with E-state index < -0.39 is 5.82 Å². The summed E-state index contributed by atoms with van der Waals surface area (Å²) in [5.74, 6) is -0.499. The number of phenolic OH excluding ortho intramolecular Hbond substituents is 1. The SMILES string of the molecule is CN(CCCCCCl)C(=O)c1cc(F)ccc1O. The van der Waals surface area contributed by atoms with Gasteiger partial charge in [0.2, 0.25) is 0 Å². The molecule has 3 nitrogen and oxygen atoms in total. The van der Waals surface area contributed by atoms with Crippen LogP contribution in [0.1, 0.15) is 29.6 Å². The lowest BCUT2D eigenvalue weighted by Gasteiger charge is -2.17. The van der Waals surface area contributed by atoms with Gasteiger partial charge in [0.1, 0.15) is 11.6 Å². The molecule has 0 aromatic heterocycles.